The molecule has 2 heteroatoms. The van der Waals surface area contributed by atoms with Crippen LogP contribution in [0.2, 0.25) is 0 Å². The summed E-state index contributed by atoms with van der Waals surface area (Å²) >= 11 is 0. The van der Waals surface area contributed by atoms with E-state index in [9.17, 15) is 0 Å². The predicted molar refractivity (Wildman–Crippen MR) is 78.5 cm³/mol. The van der Waals surface area contributed by atoms with Gasteiger partial charge in [-0.05, 0) is 63.3 Å². The highest BCUT2D eigenvalue weighted by Crippen LogP contribution is 2.48. The van der Waals surface area contributed by atoms with E-state index in [1.165, 1.54) is 32.2 Å². The van der Waals surface area contributed by atoms with Gasteiger partial charge in [-0.3, -0.25) is 0 Å². The van der Waals surface area contributed by atoms with Gasteiger partial charge in [0, 0.05) is 18.6 Å². The lowest BCUT2D eigenvalue weighted by Crippen LogP contribution is -2.53. The topological polar surface area (TPSA) is 29.3 Å². The predicted octanol–water partition coefficient (Wildman–Crippen LogP) is 3.12. The zero-order valence-electron chi connectivity index (χ0n) is 13.0. The van der Waals surface area contributed by atoms with Gasteiger partial charge in [0.2, 0.25) is 0 Å². The molecular formula is C16H32N2. The molecule has 0 amide bonds. The van der Waals surface area contributed by atoms with Crippen LogP contribution in [0, 0.1) is 23.2 Å². The molecular weight excluding hydrogens is 220 g/mol. The van der Waals surface area contributed by atoms with Crippen LogP contribution in [0.15, 0.2) is 0 Å². The third-order valence-electron chi connectivity index (χ3n) is 5.84. The van der Waals surface area contributed by atoms with Gasteiger partial charge in [-0.25, -0.2) is 0 Å². The van der Waals surface area contributed by atoms with Crippen LogP contribution >= 0.6 is 0 Å². The van der Waals surface area contributed by atoms with Crippen molar-refractivity contribution in [3.63, 3.8) is 0 Å². The summed E-state index contributed by atoms with van der Waals surface area (Å²) in [7, 11) is 2.28. The molecule has 0 spiro atoms. The van der Waals surface area contributed by atoms with E-state index in [1.54, 1.807) is 0 Å². The van der Waals surface area contributed by atoms with E-state index < -0.39 is 0 Å². The van der Waals surface area contributed by atoms with Gasteiger partial charge in [-0.15, -0.1) is 0 Å². The molecule has 0 aromatic heterocycles. The lowest BCUT2D eigenvalue weighted by molar-refractivity contribution is 0.110. The lowest BCUT2D eigenvalue weighted by atomic mass is 9.74. The molecule has 106 valence electrons. The SMILES string of the molecule is CN(CC1CC2CCC1C2)CC(C)(C)C(C)(C)N. The Balaban J connectivity index is 1.84. The molecule has 0 aliphatic heterocycles. The Morgan fingerprint density at radius 2 is 1.78 bits per heavy atom. The molecule has 18 heavy (non-hydrogen) atoms. The van der Waals surface area contributed by atoms with Crippen LogP contribution in [0.5, 0.6) is 0 Å². The van der Waals surface area contributed by atoms with E-state index in [0.29, 0.717) is 0 Å². The van der Waals surface area contributed by atoms with Gasteiger partial charge < -0.3 is 10.6 Å². The van der Waals surface area contributed by atoms with Gasteiger partial charge >= 0.3 is 0 Å². The summed E-state index contributed by atoms with van der Waals surface area (Å²) in [6.45, 7) is 11.3. The Morgan fingerprint density at radius 3 is 2.22 bits per heavy atom. The highest BCUT2D eigenvalue weighted by Gasteiger charge is 2.40. The second-order valence-electron chi connectivity index (χ2n) is 8.24. The van der Waals surface area contributed by atoms with Crippen LogP contribution < -0.4 is 5.73 Å². The highest BCUT2D eigenvalue weighted by atomic mass is 15.1. The molecule has 3 unspecified atom stereocenters. The molecule has 2 N–H and O–H groups in total. The largest absolute Gasteiger partial charge is 0.325 e. The first-order chi connectivity index (χ1) is 8.19. The maximum Gasteiger partial charge on any atom is 0.0161 e. The minimum absolute atomic E-state index is 0.115. The molecule has 2 aliphatic carbocycles. The Hall–Kier alpha value is -0.0800. The molecule has 2 fully saturated rings. The van der Waals surface area contributed by atoms with Crippen LogP contribution in [-0.2, 0) is 0 Å². The summed E-state index contributed by atoms with van der Waals surface area (Å²) in [5.41, 5.74) is 6.35. The molecule has 2 aliphatic rings. The first-order valence-electron chi connectivity index (χ1n) is 7.66. The zero-order chi connectivity index (χ0) is 13.6. The summed E-state index contributed by atoms with van der Waals surface area (Å²) < 4.78 is 0. The van der Waals surface area contributed by atoms with Gasteiger partial charge in [0.25, 0.3) is 0 Å². The van der Waals surface area contributed by atoms with Gasteiger partial charge in [0.1, 0.15) is 0 Å². The Bertz CT molecular complexity index is 290. The minimum atomic E-state index is -0.115. The van der Waals surface area contributed by atoms with Crippen molar-refractivity contribution >= 4 is 0 Å². The van der Waals surface area contributed by atoms with Crippen molar-refractivity contribution in [1.29, 1.82) is 0 Å². The van der Waals surface area contributed by atoms with Crippen molar-refractivity contribution in [1.82, 2.24) is 4.90 Å². The highest BCUT2D eigenvalue weighted by molar-refractivity contribution is 4.94. The number of nitrogens with zero attached hydrogens (tertiary/aromatic N) is 1. The van der Waals surface area contributed by atoms with E-state index in [-0.39, 0.29) is 11.0 Å². The molecule has 2 rings (SSSR count). The fourth-order valence-corrected chi connectivity index (χ4v) is 3.94. The molecule has 0 aromatic rings. The van der Waals surface area contributed by atoms with E-state index in [0.717, 1.165) is 24.3 Å². The van der Waals surface area contributed by atoms with E-state index in [1.807, 2.05) is 0 Å². The number of rotatable bonds is 5. The fraction of sp³-hybridized carbons (Fsp3) is 1.00. The Labute approximate surface area is 113 Å². The summed E-state index contributed by atoms with van der Waals surface area (Å²) in [5, 5.41) is 0. The van der Waals surface area contributed by atoms with E-state index in [2.05, 4.69) is 39.6 Å². The van der Waals surface area contributed by atoms with Gasteiger partial charge in [-0.1, -0.05) is 20.3 Å². The fourth-order valence-electron chi connectivity index (χ4n) is 3.94. The molecule has 0 saturated heterocycles. The minimum Gasteiger partial charge on any atom is -0.325 e. The maximum atomic E-state index is 6.30. The van der Waals surface area contributed by atoms with Gasteiger partial charge in [0.15, 0.2) is 0 Å². The first kappa shape index (κ1) is 14.3. The Kier molecular flexibility index (Phi) is 3.81. The number of hydrogen-bond acceptors (Lipinski definition) is 2. The summed E-state index contributed by atoms with van der Waals surface area (Å²) in [4.78, 5) is 2.53. The molecule has 3 atom stereocenters. The number of hydrogen-bond donors (Lipinski definition) is 1. The monoisotopic (exact) mass is 252 g/mol. The molecule has 2 saturated carbocycles. The number of nitrogens with two attached hydrogens (primary N) is 1. The second-order valence-corrected chi connectivity index (χ2v) is 8.24. The second kappa shape index (κ2) is 4.79. The first-order valence-corrected chi connectivity index (χ1v) is 7.66. The standard InChI is InChI=1S/C16H32N2/c1-15(2,16(3,4)17)11-18(5)10-14-9-12-6-7-13(14)8-12/h12-14H,6-11,17H2,1-5H3. The summed E-state index contributed by atoms with van der Waals surface area (Å²) in [6.07, 6.45) is 6.01. The van der Waals surface area contributed by atoms with Crippen LogP contribution in [0.4, 0.5) is 0 Å². The van der Waals surface area contributed by atoms with Crippen molar-refractivity contribution in [2.45, 2.75) is 58.9 Å². The smallest absolute Gasteiger partial charge is 0.0161 e. The van der Waals surface area contributed by atoms with Crippen LogP contribution in [-0.4, -0.2) is 30.6 Å². The van der Waals surface area contributed by atoms with E-state index >= 15 is 0 Å². The van der Waals surface area contributed by atoms with Crippen molar-refractivity contribution in [3.8, 4) is 0 Å². The quantitative estimate of drug-likeness (QED) is 0.814. The third-order valence-corrected chi connectivity index (χ3v) is 5.84. The molecule has 0 heterocycles. The van der Waals surface area contributed by atoms with Crippen molar-refractivity contribution < 1.29 is 0 Å². The lowest BCUT2D eigenvalue weighted by Gasteiger charge is -2.42. The average molecular weight is 252 g/mol. The third kappa shape index (κ3) is 2.91. The van der Waals surface area contributed by atoms with Gasteiger partial charge in [0.05, 0.1) is 0 Å². The van der Waals surface area contributed by atoms with Crippen LogP contribution in [0.1, 0.15) is 53.4 Å². The van der Waals surface area contributed by atoms with Crippen LogP contribution in [0.3, 0.4) is 0 Å². The molecule has 2 nitrogen and oxygen atoms in total. The number of fused-ring (bicyclic) bond motifs is 2. The molecule has 2 bridgehead atoms. The normalized spacial score (nSPS) is 32.5. The molecule has 0 aromatic carbocycles. The maximum absolute atomic E-state index is 6.30. The zero-order valence-corrected chi connectivity index (χ0v) is 13.0. The average Bonchev–Trinajstić information content (AvgIpc) is 2.75. The van der Waals surface area contributed by atoms with Crippen molar-refractivity contribution in [2.24, 2.45) is 28.9 Å². The van der Waals surface area contributed by atoms with Crippen LogP contribution in [0.25, 0.3) is 0 Å². The summed E-state index contributed by atoms with van der Waals surface area (Å²) in [5.74, 6) is 3.06. The van der Waals surface area contributed by atoms with Gasteiger partial charge in [-0.2, -0.15) is 0 Å². The Morgan fingerprint density at radius 1 is 1.11 bits per heavy atom. The summed E-state index contributed by atoms with van der Waals surface area (Å²) in [6, 6.07) is 0. The van der Waals surface area contributed by atoms with Crippen molar-refractivity contribution in [2.75, 3.05) is 20.1 Å². The van der Waals surface area contributed by atoms with Crippen molar-refractivity contribution in [3.05, 3.63) is 0 Å². The molecule has 0 radical (unpaired) electrons. The van der Waals surface area contributed by atoms with E-state index in [4.69, 9.17) is 5.73 Å².